The van der Waals surface area contributed by atoms with Gasteiger partial charge in [-0.25, -0.2) is 0 Å². The lowest BCUT2D eigenvalue weighted by atomic mass is 9.79. The molecule has 0 rings (SSSR count). The normalized spacial score (nSPS) is 13.1. The van der Waals surface area contributed by atoms with E-state index in [0.29, 0.717) is 12.8 Å². The number of amides is 1. The van der Waals surface area contributed by atoms with Gasteiger partial charge >= 0.3 is 0 Å². The zero-order valence-corrected chi connectivity index (χ0v) is 13.1. The van der Waals surface area contributed by atoms with E-state index in [1.165, 1.54) is 0 Å². The number of hydrogen-bond donors (Lipinski definition) is 1. The van der Waals surface area contributed by atoms with Crippen molar-refractivity contribution in [3.05, 3.63) is 0 Å². The number of nitrogens with one attached hydrogen (secondary N) is 1. The fraction of sp³-hybridized carbons (Fsp3) is 0.867. The average Bonchev–Trinajstić information content (AvgIpc) is 2.35. The third-order valence-corrected chi connectivity index (χ3v) is 3.39. The Balaban J connectivity index is 4.60. The van der Waals surface area contributed by atoms with E-state index in [1.807, 2.05) is 34.9 Å². The highest BCUT2D eigenvalue weighted by Gasteiger charge is 2.37. The Morgan fingerprint density at radius 3 is 2.21 bits per heavy atom. The Kier molecular flexibility index (Phi) is 8.42. The van der Waals surface area contributed by atoms with Crippen molar-refractivity contribution >= 4 is 5.91 Å². The maximum Gasteiger partial charge on any atom is 0.240 e. The molecule has 0 aromatic carbocycles. The highest BCUT2D eigenvalue weighted by atomic mass is 16.2. The molecule has 4 heteroatoms. The molecule has 0 aromatic heterocycles. The van der Waals surface area contributed by atoms with Gasteiger partial charge in [0.15, 0.2) is 0 Å². The van der Waals surface area contributed by atoms with Gasteiger partial charge in [-0.3, -0.25) is 4.79 Å². The van der Waals surface area contributed by atoms with Crippen LogP contribution in [0.4, 0.5) is 0 Å². The molecule has 1 unspecified atom stereocenters. The second kappa shape index (κ2) is 8.92. The number of hydrogen-bond acceptors (Lipinski definition) is 3. The second-order valence-corrected chi connectivity index (χ2v) is 5.66. The van der Waals surface area contributed by atoms with Crippen molar-refractivity contribution in [3.8, 4) is 6.07 Å². The topological polar surface area (TPSA) is 56.1 Å². The standard InChI is InChI=1S/C15H29N3O/c1-6-9-15(12-16,10-7-2)14(19)17-13(3)8-11-18(4)5/h13H,6-11H2,1-5H3,(H,17,19). The molecular weight excluding hydrogens is 238 g/mol. The van der Waals surface area contributed by atoms with E-state index in [1.54, 1.807) is 0 Å². The first-order chi connectivity index (χ1) is 8.91. The molecule has 0 aliphatic heterocycles. The first kappa shape index (κ1) is 17.9. The molecule has 19 heavy (non-hydrogen) atoms. The van der Waals surface area contributed by atoms with E-state index in [2.05, 4.69) is 16.3 Å². The monoisotopic (exact) mass is 267 g/mol. The van der Waals surface area contributed by atoms with Gasteiger partial charge in [0, 0.05) is 6.04 Å². The zero-order chi connectivity index (χ0) is 14.9. The molecule has 0 spiro atoms. The minimum atomic E-state index is -0.837. The summed E-state index contributed by atoms with van der Waals surface area (Å²) in [5, 5.41) is 12.4. The quantitative estimate of drug-likeness (QED) is 0.698. The number of nitriles is 1. The van der Waals surface area contributed by atoms with Crippen molar-refractivity contribution in [2.24, 2.45) is 5.41 Å². The van der Waals surface area contributed by atoms with Crippen molar-refractivity contribution in [3.63, 3.8) is 0 Å². The fourth-order valence-electron chi connectivity index (χ4n) is 2.25. The molecule has 1 N–H and O–H groups in total. The van der Waals surface area contributed by atoms with E-state index >= 15 is 0 Å². The van der Waals surface area contributed by atoms with Crippen molar-refractivity contribution in [2.45, 2.75) is 58.9 Å². The number of carbonyl (C=O) groups is 1. The van der Waals surface area contributed by atoms with Crippen LogP contribution in [0.3, 0.4) is 0 Å². The summed E-state index contributed by atoms with van der Waals surface area (Å²) in [6, 6.07) is 2.37. The van der Waals surface area contributed by atoms with Gasteiger partial charge in [-0.05, 0) is 46.8 Å². The summed E-state index contributed by atoms with van der Waals surface area (Å²) in [6.45, 7) is 6.97. The van der Waals surface area contributed by atoms with E-state index in [0.717, 1.165) is 25.8 Å². The van der Waals surface area contributed by atoms with Crippen molar-refractivity contribution < 1.29 is 4.79 Å². The van der Waals surface area contributed by atoms with Gasteiger partial charge in [0.1, 0.15) is 5.41 Å². The molecule has 0 radical (unpaired) electrons. The van der Waals surface area contributed by atoms with E-state index in [9.17, 15) is 10.1 Å². The highest BCUT2D eigenvalue weighted by Crippen LogP contribution is 2.29. The largest absolute Gasteiger partial charge is 0.352 e. The maximum atomic E-state index is 12.4. The summed E-state index contributed by atoms with van der Waals surface area (Å²) in [5.41, 5.74) is -0.837. The van der Waals surface area contributed by atoms with Crippen LogP contribution in [0.25, 0.3) is 0 Å². The molecule has 0 aromatic rings. The Labute approximate surface area is 118 Å². The minimum Gasteiger partial charge on any atom is -0.352 e. The maximum absolute atomic E-state index is 12.4. The van der Waals surface area contributed by atoms with Gasteiger partial charge in [0.2, 0.25) is 5.91 Å². The Bertz CT molecular complexity index is 301. The Hall–Kier alpha value is -1.08. The van der Waals surface area contributed by atoms with E-state index < -0.39 is 5.41 Å². The first-order valence-electron chi connectivity index (χ1n) is 7.28. The molecule has 0 aliphatic rings. The lowest BCUT2D eigenvalue weighted by molar-refractivity contribution is -0.129. The van der Waals surface area contributed by atoms with Crippen molar-refractivity contribution in [1.82, 2.24) is 10.2 Å². The molecule has 0 saturated carbocycles. The van der Waals surface area contributed by atoms with Crippen LogP contribution in [0.2, 0.25) is 0 Å². The average molecular weight is 267 g/mol. The summed E-state index contributed by atoms with van der Waals surface area (Å²) in [4.78, 5) is 14.5. The Morgan fingerprint density at radius 2 is 1.84 bits per heavy atom. The third-order valence-electron chi connectivity index (χ3n) is 3.39. The third kappa shape index (κ3) is 6.07. The molecule has 0 heterocycles. The van der Waals surface area contributed by atoms with Crippen molar-refractivity contribution in [2.75, 3.05) is 20.6 Å². The minimum absolute atomic E-state index is 0.0926. The van der Waals surface area contributed by atoms with Gasteiger partial charge in [-0.2, -0.15) is 5.26 Å². The Morgan fingerprint density at radius 1 is 1.32 bits per heavy atom. The molecule has 0 bridgehead atoms. The lowest BCUT2D eigenvalue weighted by Gasteiger charge is -2.27. The first-order valence-corrected chi connectivity index (χ1v) is 7.28. The van der Waals surface area contributed by atoms with Crippen LogP contribution in [0.1, 0.15) is 52.9 Å². The van der Waals surface area contributed by atoms with Crippen LogP contribution in [-0.2, 0) is 4.79 Å². The van der Waals surface area contributed by atoms with Gasteiger partial charge in [0.05, 0.1) is 6.07 Å². The predicted octanol–water partition coefficient (Wildman–Crippen LogP) is 2.55. The van der Waals surface area contributed by atoms with Crippen molar-refractivity contribution in [1.29, 1.82) is 5.26 Å². The molecule has 0 saturated heterocycles. The van der Waals surface area contributed by atoms with E-state index in [4.69, 9.17) is 0 Å². The summed E-state index contributed by atoms with van der Waals surface area (Å²) in [7, 11) is 4.03. The summed E-state index contributed by atoms with van der Waals surface area (Å²) in [6.07, 6.45) is 3.89. The molecular formula is C15H29N3O. The smallest absolute Gasteiger partial charge is 0.240 e. The second-order valence-electron chi connectivity index (χ2n) is 5.66. The van der Waals surface area contributed by atoms with Crippen LogP contribution in [0.15, 0.2) is 0 Å². The van der Waals surface area contributed by atoms with Crippen LogP contribution in [0, 0.1) is 16.7 Å². The SMILES string of the molecule is CCCC(C#N)(CCC)C(=O)NC(C)CCN(C)C. The fourth-order valence-corrected chi connectivity index (χ4v) is 2.25. The molecule has 0 fully saturated rings. The lowest BCUT2D eigenvalue weighted by Crippen LogP contribution is -2.44. The molecule has 0 aliphatic carbocycles. The number of carbonyl (C=O) groups excluding carboxylic acids is 1. The summed E-state index contributed by atoms with van der Waals surface area (Å²) in [5.74, 6) is -0.0926. The van der Waals surface area contributed by atoms with Crippen LogP contribution >= 0.6 is 0 Å². The molecule has 4 nitrogen and oxygen atoms in total. The van der Waals surface area contributed by atoms with Crippen LogP contribution < -0.4 is 5.32 Å². The highest BCUT2D eigenvalue weighted by molar-refractivity contribution is 5.85. The number of rotatable bonds is 9. The molecule has 1 amide bonds. The molecule has 110 valence electrons. The van der Waals surface area contributed by atoms with Crippen LogP contribution in [-0.4, -0.2) is 37.5 Å². The van der Waals surface area contributed by atoms with Crippen LogP contribution in [0.5, 0.6) is 0 Å². The summed E-state index contributed by atoms with van der Waals surface area (Å²) < 4.78 is 0. The predicted molar refractivity (Wildman–Crippen MR) is 78.6 cm³/mol. The van der Waals surface area contributed by atoms with Gasteiger partial charge < -0.3 is 10.2 Å². The van der Waals surface area contributed by atoms with Gasteiger partial charge in [-0.1, -0.05) is 26.7 Å². The summed E-state index contributed by atoms with van der Waals surface area (Å²) >= 11 is 0. The molecule has 1 atom stereocenters. The van der Waals surface area contributed by atoms with Gasteiger partial charge in [0.25, 0.3) is 0 Å². The van der Waals surface area contributed by atoms with Gasteiger partial charge in [-0.15, -0.1) is 0 Å². The number of nitrogens with zero attached hydrogens (tertiary/aromatic N) is 2. The van der Waals surface area contributed by atoms with E-state index in [-0.39, 0.29) is 11.9 Å². The zero-order valence-electron chi connectivity index (χ0n) is 13.1.